The number of Topliss-reactive ketones (excluding diaryl/α,β-unsaturated/α-hetero) is 1. The van der Waals surface area contributed by atoms with Crippen LogP contribution < -0.4 is 5.32 Å². The largest absolute Gasteiger partial charge is 0.748 e. The van der Waals surface area contributed by atoms with E-state index in [9.17, 15) is 22.6 Å². The van der Waals surface area contributed by atoms with Crippen LogP contribution in [0, 0.1) is 52.3 Å². The first-order chi connectivity index (χ1) is 16.7. The Kier molecular flexibility index (Phi) is 8.04. The average molecular weight is 523 g/mol. The van der Waals surface area contributed by atoms with E-state index >= 15 is 0 Å². The van der Waals surface area contributed by atoms with Crippen molar-refractivity contribution in [3.05, 3.63) is 0 Å². The molecule has 9 atom stereocenters. The van der Waals surface area contributed by atoms with Crippen LogP contribution in [0.3, 0.4) is 0 Å². The Hall–Kier alpha value is -0.950. The Balaban J connectivity index is 1.36. The molecule has 0 aromatic heterocycles. The van der Waals surface area contributed by atoms with Gasteiger partial charge in [-0.1, -0.05) is 34.6 Å². The molecule has 4 saturated carbocycles. The van der Waals surface area contributed by atoms with Crippen molar-refractivity contribution in [1.29, 1.82) is 0 Å². The summed E-state index contributed by atoms with van der Waals surface area (Å²) in [7, 11) is -4.39. The fourth-order valence-electron chi connectivity index (χ4n) is 9.48. The maximum absolute atomic E-state index is 12.7. The summed E-state index contributed by atoms with van der Waals surface area (Å²) < 4.78 is 33.7. The first-order valence-electron chi connectivity index (χ1n) is 14.5. The highest BCUT2D eigenvalue weighted by Gasteiger charge is 2.60. The molecule has 4 aliphatic rings. The number of nitrogens with one attached hydrogen (secondary N) is 1. The lowest BCUT2D eigenvalue weighted by Gasteiger charge is -2.60. The van der Waals surface area contributed by atoms with E-state index in [1.54, 1.807) is 0 Å². The first-order valence-corrected chi connectivity index (χ1v) is 16.1. The fraction of sp³-hybridized carbons (Fsp3) is 0.931. The monoisotopic (exact) mass is 522 g/mol. The molecule has 0 heterocycles. The molecule has 206 valence electrons. The molecule has 4 fully saturated rings. The molecule has 7 heteroatoms. The second-order valence-corrected chi connectivity index (χ2v) is 15.2. The van der Waals surface area contributed by atoms with Crippen LogP contribution in [-0.4, -0.2) is 36.5 Å². The molecule has 0 aromatic carbocycles. The Morgan fingerprint density at radius 2 is 1.72 bits per heavy atom. The van der Waals surface area contributed by atoms with Gasteiger partial charge in [-0.25, -0.2) is 8.42 Å². The fourth-order valence-corrected chi connectivity index (χ4v) is 10.4. The van der Waals surface area contributed by atoms with Gasteiger partial charge in [-0.05, 0) is 104 Å². The Bertz CT molecular complexity index is 947. The van der Waals surface area contributed by atoms with E-state index in [1.165, 1.54) is 38.5 Å². The van der Waals surface area contributed by atoms with Gasteiger partial charge in [-0.3, -0.25) is 9.59 Å². The van der Waals surface area contributed by atoms with Crippen molar-refractivity contribution in [3.8, 4) is 0 Å². The van der Waals surface area contributed by atoms with Crippen molar-refractivity contribution in [1.82, 2.24) is 5.32 Å². The summed E-state index contributed by atoms with van der Waals surface area (Å²) in [6.07, 6.45) is 11.4. The maximum Gasteiger partial charge on any atom is 0.220 e. The van der Waals surface area contributed by atoms with E-state index in [0.29, 0.717) is 40.8 Å². The number of hydrogen-bond donors (Lipinski definition) is 1. The molecule has 1 N–H and O–H groups in total. The number of amides is 1. The molecule has 4 rings (SSSR count). The number of carbonyl (C=O) groups excluding carboxylic acids is 2. The third-order valence-corrected chi connectivity index (χ3v) is 12.4. The van der Waals surface area contributed by atoms with E-state index < -0.39 is 21.9 Å². The summed E-state index contributed by atoms with van der Waals surface area (Å²) in [6, 6.07) is -0.634. The van der Waals surface area contributed by atoms with Gasteiger partial charge in [0.15, 0.2) is 0 Å². The highest BCUT2D eigenvalue weighted by atomic mass is 32.2. The molecule has 6 nitrogen and oxygen atoms in total. The lowest BCUT2D eigenvalue weighted by Crippen LogP contribution is -2.53. The van der Waals surface area contributed by atoms with E-state index in [-0.39, 0.29) is 11.8 Å². The highest BCUT2D eigenvalue weighted by Crippen LogP contribution is 2.68. The van der Waals surface area contributed by atoms with Crippen LogP contribution in [0.1, 0.15) is 105 Å². The molecule has 36 heavy (non-hydrogen) atoms. The number of hydrogen-bond acceptors (Lipinski definition) is 5. The van der Waals surface area contributed by atoms with Crippen LogP contribution in [0.5, 0.6) is 0 Å². The minimum absolute atomic E-state index is 0.112. The van der Waals surface area contributed by atoms with Crippen molar-refractivity contribution in [2.75, 3.05) is 5.75 Å². The molecule has 1 amide bonds. The van der Waals surface area contributed by atoms with Crippen molar-refractivity contribution in [2.45, 2.75) is 111 Å². The standard InChI is InChI=1S/C29H49NO5S/c1-18(2)26(17-36(33,34)35)30-27(32)11-6-19(3)23-9-10-24-22-8-7-20-16-21(31)12-14-28(20,4)25(22)13-15-29(23,24)5/h18-20,22-26H,6-17H2,1-5H3,(H,30,32)(H,33,34,35)/p-1/t19-,20-,22+,23-,24+,25+,26-,28+,29-/m1/s1. The van der Waals surface area contributed by atoms with Crippen molar-refractivity contribution in [3.63, 3.8) is 0 Å². The molecule has 0 spiro atoms. The minimum atomic E-state index is -4.39. The van der Waals surface area contributed by atoms with E-state index in [4.69, 9.17) is 0 Å². The lowest BCUT2D eigenvalue weighted by molar-refractivity contribution is -0.140. The number of fused-ring (bicyclic) bond motifs is 5. The van der Waals surface area contributed by atoms with E-state index in [2.05, 4.69) is 26.1 Å². The van der Waals surface area contributed by atoms with Crippen molar-refractivity contribution >= 4 is 21.8 Å². The van der Waals surface area contributed by atoms with Crippen molar-refractivity contribution in [2.24, 2.45) is 52.3 Å². The molecule has 0 aromatic rings. The van der Waals surface area contributed by atoms with Crippen molar-refractivity contribution < 1.29 is 22.6 Å². The van der Waals surface area contributed by atoms with E-state index in [1.807, 2.05) is 13.8 Å². The average Bonchev–Trinajstić information content (AvgIpc) is 3.14. The highest BCUT2D eigenvalue weighted by molar-refractivity contribution is 7.85. The maximum atomic E-state index is 12.7. The van der Waals surface area contributed by atoms with Gasteiger partial charge in [-0.15, -0.1) is 0 Å². The Labute approximate surface area is 218 Å². The normalized spacial score (nSPS) is 40.2. The van der Waals surface area contributed by atoms with Gasteiger partial charge >= 0.3 is 0 Å². The molecule has 0 aliphatic heterocycles. The van der Waals surface area contributed by atoms with Crippen LogP contribution in [-0.2, 0) is 19.7 Å². The first kappa shape index (κ1) is 28.1. The lowest BCUT2D eigenvalue weighted by atomic mass is 9.44. The van der Waals surface area contributed by atoms with Gasteiger partial charge in [0.1, 0.15) is 5.78 Å². The predicted molar refractivity (Wildman–Crippen MR) is 140 cm³/mol. The van der Waals surface area contributed by atoms with Crippen LogP contribution in [0.25, 0.3) is 0 Å². The number of ketones is 1. The van der Waals surface area contributed by atoms with Gasteiger partial charge in [0, 0.05) is 25.3 Å². The molecular formula is C29H48NO5S-. The second-order valence-electron chi connectivity index (χ2n) is 13.8. The summed E-state index contributed by atoms with van der Waals surface area (Å²) >= 11 is 0. The molecule has 4 aliphatic carbocycles. The van der Waals surface area contributed by atoms with Crippen LogP contribution in [0.2, 0.25) is 0 Å². The summed E-state index contributed by atoms with van der Waals surface area (Å²) in [5.41, 5.74) is 0.659. The summed E-state index contributed by atoms with van der Waals surface area (Å²) in [5.74, 6) is 3.58. The zero-order valence-electron chi connectivity index (χ0n) is 23.1. The molecule has 0 radical (unpaired) electrons. The number of carbonyl (C=O) groups is 2. The van der Waals surface area contributed by atoms with Gasteiger partial charge < -0.3 is 9.87 Å². The van der Waals surface area contributed by atoms with Crippen LogP contribution >= 0.6 is 0 Å². The number of rotatable bonds is 8. The second kappa shape index (κ2) is 10.3. The third kappa shape index (κ3) is 5.43. The van der Waals surface area contributed by atoms with Gasteiger partial charge in [0.05, 0.1) is 15.9 Å². The molecule has 0 saturated heterocycles. The summed E-state index contributed by atoms with van der Waals surface area (Å²) in [4.78, 5) is 24.8. The molecule has 0 unspecified atom stereocenters. The predicted octanol–water partition coefficient (Wildman–Crippen LogP) is 5.32. The quantitative estimate of drug-likeness (QED) is 0.435. The Morgan fingerprint density at radius 3 is 2.39 bits per heavy atom. The van der Waals surface area contributed by atoms with Gasteiger partial charge in [0.25, 0.3) is 0 Å². The van der Waals surface area contributed by atoms with E-state index in [0.717, 1.165) is 43.4 Å². The van der Waals surface area contributed by atoms with Gasteiger partial charge in [-0.2, -0.15) is 0 Å². The SMILES string of the molecule is CC(C)[C@@H](CS(=O)(=O)[O-])NC(=O)CC[C@@H](C)[C@H]1CC[C@H]2[C@@H]3CC[C@@H]4CC(=O)CC[C@]4(C)[C@H]3CC[C@]12C. The van der Waals surface area contributed by atoms with Crippen LogP contribution in [0.4, 0.5) is 0 Å². The molecule has 0 bridgehead atoms. The van der Waals surface area contributed by atoms with Crippen LogP contribution in [0.15, 0.2) is 0 Å². The molecular weight excluding hydrogens is 474 g/mol. The topological polar surface area (TPSA) is 103 Å². The smallest absolute Gasteiger partial charge is 0.220 e. The third-order valence-electron chi connectivity index (χ3n) is 11.6. The minimum Gasteiger partial charge on any atom is -0.748 e. The summed E-state index contributed by atoms with van der Waals surface area (Å²) in [6.45, 7) is 11.0. The zero-order chi connectivity index (χ0) is 26.5. The Morgan fingerprint density at radius 1 is 1.03 bits per heavy atom. The zero-order valence-corrected chi connectivity index (χ0v) is 23.9. The van der Waals surface area contributed by atoms with Gasteiger partial charge in [0.2, 0.25) is 5.91 Å². The summed E-state index contributed by atoms with van der Waals surface area (Å²) in [5, 5.41) is 2.81.